The van der Waals surface area contributed by atoms with Crippen LogP contribution in [-0.2, 0) is 0 Å². The number of rotatable bonds is 3. The van der Waals surface area contributed by atoms with Crippen molar-refractivity contribution in [1.82, 2.24) is 4.90 Å². The molecule has 0 amide bonds. The zero-order valence-corrected chi connectivity index (χ0v) is 9.13. The Kier molecular flexibility index (Phi) is 2.92. The molecule has 1 aliphatic carbocycles. The van der Waals surface area contributed by atoms with Crippen LogP contribution in [-0.4, -0.2) is 24.0 Å². The number of likely N-dealkylation sites (tertiary alicyclic amines) is 1. The van der Waals surface area contributed by atoms with Gasteiger partial charge < -0.3 is 4.90 Å². The van der Waals surface area contributed by atoms with E-state index >= 15 is 0 Å². The minimum atomic E-state index is 0.900. The molecule has 1 aliphatic heterocycles. The molecule has 1 heteroatoms. The normalized spacial score (nSPS) is 27.0. The summed E-state index contributed by atoms with van der Waals surface area (Å²) in [6.45, 7) is 7.49. The minimum absolute atomic E-state index is 0.900. The van der Waals surface area contributed by atoms with Crippen molar-refractivity contribution in [2.75, 3.05) is 13.1 Å². The smallest absolute Gasteiger partial charge is 0.00964 e. The van der Waals surface area contributed by atoms with Gasteiger partial charge in [0.1, 0.15) is 0 Å². The van der Waals surface area contributed by atoms with Crippen molar-refractivity contribution in [3.8, 4) is 0 Å². The molecule has 0 unspecified atom stereocenters. The average molecular weight is 181 g/mol. The highest BCUT2D eigenvalue weighted by molar-refractivity contribution is 4.87. The molecule has 0 aromatic heterocycles. The van der Waals surface area contributed by atoms with Gasteiger partial charge in [-0.15, -0.1) is 0 Å². The summed E-state index contributed by atoms with van der Waals surface area (Å²) >= 11 is 0. The van der Waals surface area contributed by atoms with Crippen LogP contribution in [0.25, 0.3) is 0 Å². The molecule has 2 rings (SSSR count). The highest BCUT2D eigenvalue weighted by atomic mass is 15.2. The lowest BCUT2D eigenvalue weighted by molar-refractivity contribution is 0.163. The van der Waals surface area contributed by atoms with Gasteiger partial charge in [-0.1, -0.05) is 13.8 Å². The van der Waals surface area contributed by atoms with Crippen LogP contribution in [0, 0.1) is 11.8 Å². The Bertz CT molecular complexity index is 153. The van der Waals surface area contributed by atoms with Crippen molar-refractivity contribution in [2.24, 2.45) is 11.8 Å². The molecular formula is C12H23N. The number of piperidine rings is 1. The minimum Gasteiger partial charge on any atom is -0.300 e. The second-order valence-electron chi connectivity index (χ2n) is 5.34. The van der Waals surface area contributed by atoms with Crippen molar-refractivity contribution in [3.63, 3.8) is 0 Å². The van der Waals surface area contributed by atoms with Crippen LogP contribution < -0.4 is 0 Å². The zero-order valence-electron chi connectivity index (χ0n) is 9.13. The Labute approximate surface area is 82.5 Å². The molecule has 13 heavy (non-hydrogen) atoms. The second-order valence-corrected chi connectivity index (χ2v) is 5.34. The average Bonchev–Trinajstić information content (AvgIpc) is 2.87. The fraction of sp³-hybridized carbons (Fsp3) is 1.00. The van der Waals surface area contributed by atoms with Crippen molar-refractivity contribution in [1.29, 1.82) is 0 Å². The van der Waals surface area contributed by atoms with Gasteiger partial charge in [0.15, 0.2) is 0 Å². The third kappa shape index (κ3) is 2.70. The molecule has 2 fully saturated rings. The summed E-state index contributed by atoms with van der Waals surface area (Å²) in [5.74, 6) is 1.94. The van der Waals surface area contributed by atoms with Gasteiger partial charge in [0.2, 0.25) is 0 Å². The van der Waals surface area contributed by atoms with E-state index in [1.165, 1.54) is 45.2 Å². The molecule has 1 saturated carbocycles. The number of hydrogen-bond acceptors (Lipinski definition) is 1. The Hall–Kier alpha value is -0.0400. The summed E-state index contributed by atoms with van der Waals surface area (Å²) in [6.07, 6.45) is 7.35. The highest BCUT2D eigenvalue weighted by Gasteiger charge is 2.31. The topological polar surface area (TPSA) is 3.24 Å². The van der Waals surface area contributed by atoms with Crippen LogP contribution in [0.15, 0.2) is 0 Å². The van der Waals surface area contributed by atoms with E-state index in [1.807, 2.05) is 0 Å². The first kappa shape index (κ1) is 9.51. The van der Waals surface area contributed by atoms with Crippen molar-refractivity contribution in [2.45, 2.75) is 52.0 Å². The largest absolute Gasteiger partial charge is 0.300 e. The molecule has 1 heterocycles. The quantitative estimate of drug-likeness (QED) is 0.647. The first-order valence-corrected chi connectivity index (χ1v) is 5.99. The summed E-state index contributed by atoms with van der Waals surface area (Å²) < 4.78 is 0. The van der Waals surface area contributed by atoms with Crippen molar-refractivity contribution < 1.29 is 0 Å². The summed E-state index contributed by atoms with van der Waals surface area (Å²) in [7, 11) is 0. The summed E-state index contributed by atoms with van der Waals surface area (Å²) in [6, 6.07) is 1.000. The van der Waals surface area contributed by atoms with Gasteiger partial charge in [-0.25, -0.2) is 0 Å². The Balaban J connectivity index is 1.69. The van der Waals surface area contributed by atoms with Gasteiger partial charge in [0.25, 0.3) is 0 Å². The van der Waals surface area contributed by atoms with E-state index in [9.17, 15) is 0 Å². The standard InChI is InChI=1S/C12H23N/c1-10(2)9-11-5-7-13(8-6-11)12-3-4-12/h10-12H,3-9H2,1-2H3. The summed E-state index contributed by atoms with van der Waals surface area (Å²) in [5.41, 5.74) is 0. The first-order chi connectivity index (χ1) is 6.25. The molecule has 0 N–H and O–H groups in total. The first-order valence-electron chi connectivity index (χ1n) is 5.99. The molecule has 76 valence electrons. The lowest BCUT2D eigenvalue weighted by atomic mass is 9.88. The summed E-state index contributed by atoms with van der Waals surface area (Å²) in [5, 5.41) is 0. The molecule has 1 saturated heterocycles. The number of nitrogens with zero attached hydrogens (tertiary/aromatic N) is 1. The maximum absolute atomic E-state index is 2.72. The van der Waals surface area contributed by atoms with Gasteiger partial charge in [0, 0.05) is 6.04 Å². The zero-order chi connectivity index (χ0) is 9.26. The highest BCUT2D eigenvalue weighted by Crippen LogP contribution is 2.32. The lowest BCUT2D eigenvalue weighted by Gasteiger charge is -2.32. The molecule has 2 aliphatic rings. The van der Waals surface area contributed by atoms with E-state index in [0.717, 1.165) is 17.9 Å². The van der Waals surface area contributed by atoms with E-state index in [0.29, 0.717) is 0 Å². The maximum atomic E-state index is 2.72. The molecule has 1 nitrogen and oxygen atoms in total. The van der Waals surface area contributed by atoms with Gasteiger partial charge in [0.05, 0.1) is 0 Å². The summed E-state index contributed by atoms with van der Waals surface area (Å²) in [4.78, 5) is 2.72. The van der Waals surface area contributed by atoms with Crippen molar-refractivity contribution in [3.05, 3.63) is 0 Å². The second kappa shape index (κ2) is 4.00. The maximum Gasteiger partial charge on any atom is 0.00964 e. The fourth-order valence-corrected chi connectivity index (χ4v) is 2.66. The van der Waals surface area contributed by atoms with Gasteiger partial charge in [-0.2, -0.15) is 0 Å². The van der Waals surface area contributed by atoms with Gasteiger partial charge in [-0.05, 0) is 57.0 Å². The lowest BCUT2D eigenvalue weighted by Crippen LogP contribution is -2.35. The molecule has 0 spiro atoms. The third-order valence-corrected chi connectivity index (χ3v) is 3.52. The molecule has 0 radical (unpaired) electrons. The Morgan fingerprint density at radius 2 is 1.69 bits per heavy atom. The van der Waals surface area contributed by atoms with E-state index in [-0.39, 0.29) is 0 Å². The van der Waals surface area contributed by atoms with E-state index < -0.39 is 0 Å². The Morgan fingerprint density at radius 3 is 2.15 bits per heavy atom. The molecular weight excluding hydrogens is 158 g/mol. The van der Waals surface area contributed by atoms with Gasteiger partial charge >= 0.3 is 0 Å². The van der Waals surface area contributed by atoms with Crippen LogP contribution in [0.3, 0.4) is 0 Å². The van der Waals surface area contributed by atoms with Crippen LogP contribution in [0.5, 0.6) is 0 Å². The van der Waals surface area contributed by atoms with Gasteiger partial charge in [-0.3, -0.25) is 0 Å². The SMILES string of the molecule is CC(C)CC1CCN(C2CC2)CC1. The monoisotopic (exact) mass is 181 g/mol. The van der Waals surface area contributed by atoms with E-state index in [4.69, 9.17) is 0 Å². The predicted molar refractivity (Wildman–Crippen MR) is 56.8 cm³/mol. The Morgan fingerprint density at radius 1 is 1.08 bits per heavy atom. The molecule has 0 aromatic carbocycles. The third-order valence-electron chi connectivity index (χ3n) is 3.52. The van der Waals surface area contributed by atoms with Crippen LogP contribution in [0.4, 0.5) is 0 Å². The molecule has 0 aromatic rings. The fourth-order valence-electron chi connectivity index (χ4n) is 2.66. The predicted octanol–water partition coefficient (Wildman–Crippen LogP) is 2.91. The van der Waals surface area contributed by atoms with Crippen LogP contribution in [0.2, 0.25) is 0 Å². The molecule has 0 bridgehead atoms. The van der Waals surface area contributed by atoms with Crippen molar-refractivity contribution >= 4 is 0 Å². The van der Waals surface area contributed by atoms with E-state index in [1.54, 1.807) is 0 Å². The van der Waals surface area contributed by atoms with E-state index in [2.05, 4.69) is 18.7 Å². The van der Waals surface area contributed by atoms with Crippen LogP contribution in [0.1, 0.15) is 46.0 Å². The molecule has 0 atom stereocenters. The number of hydrogen-bond donors (Lipinski definition) is 0. The van der Waals surface area contributed by atoms with Crippen LogP contribution >= 0.6 is 0 Å².